The van der Waals surface area contributed by atoms with E-state index < -0.39 is 29.3 Å². The molecule has 0 saturated heterocycles. The summed E-state index contributed by atoms with van der Waals surface area (Å²) in [5.41, 5.74) is 0.863. The number of ketones is 1. The number of ether oxygens (including phenoxy) is 1. The molecule has 6 nitrogen and oxygen atoms in total. The van der Waals surface area contributed by atoms with Crippen LogP contribution in [0.25, 0.3) is 11.0 Å². The van der Waals surface area contributed by atoms with Gasteiger partial charge in [0.15, 0.2) is 22.9 Å². The third-order valence-corrected chi connectivity index (χ3v) is 6.25. The molecule has 9 heteroatoms. The monoisotopic (exact) mass is 511 g/mol. The Morgan fingerprint density at radius 2 is 1.83 bits per heavy atom. The second-order valence-corrected chi connectivity index (χ2v) is 8.66. The number of Topliss-reactive ketones (excluding diaryl/α,β-unsaturated/α-hetero) is 1. The van der Waals surface area contributed by atoms with E-state index >= 15 is 0 Å². The van der Waals surface area contributed by atoms with Gasteiger partial charge in [0.05, 0.1) is 23.7 Å². The van der Waals surface area contributed by atoms with Crippen LogP contribution in [0.5, 0.6) is 5.75 Å². The van der Waals surface area contributed by atoms with Gasteiger partial charge in [0.25, 0.3) is 5.91 Å². The van der Waals surface area contributed by atoms with Gasteiger partial charge in [0.1, 0.15) is 5.82 Å². The maximum atomic E-state index is 13.8. The topological polar surface area (TPSA) is 80.0 Å². The standard InChI is InChI=1S/C26H16Cl2FNO5/c1-34-20-11-15(27)9-14-10-19(35-25(14)20)23(31)21-22(13-5-3-2-4-6-13)30(26(33)24(21)32)16-7-8-18(29)17(28)12-16/h2-12,22,32H,1H3. The van der Waals surface area contributed by atoms with Crippen LogP contribution < -0.4 is 9.64 Å². The van der Waals surface area contributed by atoms with Crippen LogP contribution in [0.4, 0.5) is 10.1 Å². The van der Waals surface area contributed by atoms with Crippen molar-refractivity contribution in [2.45, 2.75) is 6.04 Å². The number of aliphatic hydroxyl groups excluding tert-OH is 1. The highest BCUT2D eigenvalue weighted by molar-refractivity contribution is 6.32. The summed E-state index contributed by atoms with van der Waals surface area (Å²) in [7, 11) is 1.44. The number of nitrogens with zero attached hydrogens (tertiary/aromatic N) is 1. The van der Waals surface area contributed by atoms with Gasteiger partial charge < -0.3 is 14.3 Å². The van der Waals surface area contributed by atoms with Crippen molar-refractivity contribution in [1.82, 2.24) is 0 Å². The number of aliphatic hydroxyl groups is 1. The fourth-order valence-electron chi connectivity index (χ4n) is 4.17. The van der Waals surface area contributed by atoms with Crippen molar-refractivity contribution in [1.29, 1.82) is 0 Å². The predicted octanol–water partition coefficient (Wildman–Crippen LogP) is 6.67. The van der Waals surface area contributed by atoms with E-state index in [0.29, 0.717) is 27.3 Å². The van der Waals surface area contributed by atoms with Crippen LogP contribution in [0.1, 0.15) is 22.2 Å². The Labute approximate surface area is 208 Å². The highest BCUT2D eigenvalue weighted by Crippen LogP contribution is 2.43. The van der Waals surface area contributed by atoms with E-state index in [4.69, 9.17) is 32.4 Å². The molecule has 5 rings (SSSR count). The van der Waals surface area contributed by atoms with E-state index in [2.05, 4.69) is 0 Å². The van der Waals surface area contributed by atoms with Gasteiger partial charge in [0.2, 0.25) is 5.78 Å². The molecule has 35 heavy (non-hydrogen) atoms. The second-order valence-electron chi connectivity index (χ2n) is 7.82. The molecule has 1 atom stereocenters. The molecular weight excluding hydrogens is 496 g/mol. The number of hydrogen-bond acceptors (Lipinski definition) is 5. The van der Waals surface area contributed by atoms with Crippen molar-refractivity contribution >= 4 is 51.5 Å². The minimum absolute atomic E-state index is 0.116. The zero-order valence-electron chi connectivity index (χ0n) is 18.1. The van der Waals surface area contributed by atoms with Gasteiger partial charge in [-0.15, -0.1) is 0 Å². The average molecular weight is 512 g/mol. The first-order valence-electron chi connectivity index (χ1n) is 10.4. The first-order chi connectivity index (χ1) is 16.8. The van der Waals surface area contributed by atoms with E-state index in [1.807, 2.05) is 0 Å². The first-order valence-corrected chi connectivity index (χ1v) is 11.1. The van der Waals surface area contributed by atoms with E-state index in [9.17, 15) is 19.1 Å². The lowest BCUT2D eigenvalue weighted by Crippen LogP contribution is -2.31. The van der Waals surface area contributed by atoms with E-state index in [-0.39, 0.29) is 22.0 Å². The van der Waals surface area contributed by atoms with Crippen LogP contribution in [0.3, 0.4) is 0 Å². The Kier molecular flexibility index (Phi) is 5.75. The number of carbonyl (C=O) groups is 2. The lowest BCUT2D eigenvalue weighted by atomic mass is 9.95. The number of rotatable bonds is 5. The van der Waals surface area contributed by atoms with Crippen molar-refractivity contribution in [3.63, 3.8) is 0 Å². The summed E-state index contributed by atoms with van der Waals surface area (Å²) >= 11 is 12.1. The normalized spacial score (nSPS) is 15.8. The van der Waals surface area contributed by atoms with E-state index in [1.54, 1.807) is 42.5 Å². The number of hydrogen-bond donors (Lipinski definition) is 1. The number of benzene rings is 3. The van der Waals surface area contributed by atoms with Gasteiger partial charge >= 0.3 is 0 Å². The summed E-state index contributed by atoms with van der Waals surface area (Å²) in [5, 5.41) is 11.6. The molecule has 2 heterocycles. The molecule has 0 aliphatic carbocycles. The quantitative estimate of drug-likeness (QED) is 0.302. The van der Waals surface area contributed by atoms with Crippen molar-refractivity contribution in [2.75, 3.05) is 12.0 Å². The molecule has 1 amide bonds. The number of methoxy groups -OCH3 is 1. The average Bonchev–Trinajstić information content (AvgIpc) is 3.39. The van der Waals surface area contributed by atoms with Gasteiger partial charge in [-0.1, -0.05) is 53.5 Å². The molecule has 0 radical (unpaired) electrons. The first kappa shape index (κ1) is 23.0. The zero-order valence-corrected chi connectivity index (χ0v) is 19.6. The zero-order chi connectivity index (χ0) is 24.9. The van der Waals surface area contributed by atoms with E-state index in [1.165, 1.54) is 30.2 Å². The maximum Gasteiger partial charge on any atom is 0.294 e. The van der Waals surface area contributed by atoms with Crippen molar-refractivity contribution in [3.05, 3.63) is 105 Å². The summed E-state index contributed by atoms with van der Waals surface area (Å²) in [5.74, 6) is -2.72. The summed E-state index contributed by atoms with van der Waals surface area (Å²) in [6.45, 7) is 0. The van der Waals surface area contributed by atoms with Gasteiger partial charge in [0, 0.05) is 22.2 Å². The van der Waals surface area contributed by atoms with Crippen LogP contribution in [0.15, 0.2) is 82.5 Å². The fraction of sp³-hybridized carbons (Fsp3) is 0.0769. The Balaban J connectivity index is 1.66. The molecule has 1 unspecified atom stereocenters. The van der Waals surface area contributed by atoms with Gasteiger partial charge in [-0.3, -0.25) is 14.5 Å². The molecular formula is C26H16Cl2FNO5. The summed E-state index contributed by atoms with van der Waals surface area (Å²) < 4.78 is 24.9. The molecule has 0 fully saturated rings. The lowest BCUT2D eigenvalue weighted by molar-refractivity contribution is -0.117. The van der Waals surface area contributed by atoms with Gasteiger partial charge in [-0.2, -0.15) is 0 Å². The molecule has 176 valence electrons. The minimum Gasteiger partial charge on any atom is -0.503 e. The Morgan fingerprint density at radius 3 is 2.51 bits per heavy atom. The minimum atomic E-state index is -1.02. The summed E-state index contributed by atoms with van der Waals surface area (Å²) in [4.78, 5) is 28.1. The molecule has 0 spiro atoms. The SMILES string of the molecule is COc1cc(Cl)cc2cc(C(=O)C3=C(O)C(=O)N(c4ccc(F)c(Cl)c4)C3c3ccccc3)oc12. The molecule has 1 aromatic heterocycles. The maximum absolute atomic E-state index is 13.8. The highest BCUT2D eigenvalue weighted by Gasteiger charge is 2.45. The number of fused-ring (bicyclic) bond motifs is 1. The van der Waals surface area contributed by atoms with Crippen molar-refractivity contribution in [2.24, 2.45) is 0 Å². The molecule has 1 aliphatic rings. The van der Waals surface area contributed by atoms with Crippen molar-refractivity contribution < 1.29 is 28.2 Å². The smallest absolute Gasteiger partial charge is 0.294 e. The molecule has 1 aliphatic heterocycles. The predicted molar refractivity (Wildman–Crippen MR) is 130 cm³/mol. The van der Waals surface area contributed by atoms with Gasteiger partial charge in [-0.05, 0) is 35.9 Å². The van der Waals surface area contributed by atoms with Crippen LogP contribution in [-0.2, 0) is 4.79 Å². The van der Waals surface area contributed by atoms with Crippen LogP contribution in [0, 0.1) is 5.82 Å². The number of amides is 1. The molecule has 0 bridgehead atoms. The van der Waals surface area contributed by atoms with Gasteiger partial charge in [-0.25, -0.2) is 4.39 Å². The number of halogens is 3. The molecule has 3 aromatic carbocycles. The second kappa shape index (κ2) is 8.76. The third-order valence-electron chi connectivity index (χ3n) is 5.74. The largest absolute Gasteiger partial charge is 0.503 e. The van der Waals surface area contributed by atoms with Crippen molar-refractivity contribution in [3.8, 4) is 5.75 Å². The Morgan fingerprint density at radius 1 is 1.09 bits per heavy atom. The molecule has 0 saturated carbocycles. The van der Waals surface area contributed by atoms with Crippen LogP contribution in [-0.4, -0.2) is 23.9 Å². The molecule has 1 N–H and O–H groups in total. The highest BCUT2D eigenvalue weighted by atomic mass is 35.5. The van der Waals surface area contributed by atoms with Crippen LogP contribution >= 0.6 is 23.2 Å². The fourth-order valence-corrected chi connectivity index (χ4v) is 4.56. The van der Waals surface area contributed by atoms with E-state index in [0.717, 1.165) is 6.07 Å². The Bertz CT molecular complexity index is 1530. The molecule has 4 aromatic rings. The third kappa shape index (κ3) is 3.83. The number of anilines is 1. The number of furan rings is 1. The summed E-state index contributed by atoms with van der Waals surface area (Å²) in [6, 6.07) is 16.0. The lowest BCUT2D eigenvalue weighted by Gasteiger charge is -2.27. The number of carbonyl (C=O) groups excluding carboxylic acids is 2. The Hall–Kier alpha value is -3.81. The summed E-state index contributed by atoms with van der Waals surface area (Å²) in [6.07, 6.45) is 0. The van der Waals surface area contributed by atoms with Crippen LogP contribution in [0.2, 0.25) is 10.0 Å².